The Labute approximate surface area is 149 Å². The first-order valence-corrected chi connectivity index (χ1v) is 8.52. The Morgan fingerprint density at radius 1 is 1.32 bits per heavy atom. The van der Waals surface area contributed by atoms with E-state index >= 15 is 0 Å². The van der Waals surface area contributed by atoms with Crippen molar-refractivity contribution in [1.82, 2.24) is 10.2 Å². The zero-order valence-corrected chi connectivity index (χ0v) is 14.8. The van der Waals surface area contributed by atoms with E-state index in [0.717, 1.165) is 4.88 Å². The van der Waals surface area contributed by atoms with Crippen LogP contribution in [-0.2, 0) is 16.1 Å². The summed E-state index contributed by atoms with van der Waals surface area (Å²) < 4.78 is 0. The molecule has 0 saturated carbocycles. The number of hydrogen-bond acceptors (Lipinski definition) is 5. The van der Waals surface area contributed by atoms with E-state index in [0.29, 0.717) is 5.56 Å². The van der Waals surface area contributed by atoms with Gasteiger partial charge in [0.15, 0.2) is 0 Å². The van der Waals surface area contributed by atoms with Crippen molar-refractivity contribution in [3.8, 4) is 0 Å². The Morgan fingerprint density at radius 3 is 2.68 bits per heavy atom. The second kappa shape index (κ2) is 8.39. The van der Waals surface area contributed by atoms with Gasteiger partial charge in [-0.25, -0.2) is 0 Å². The first kappa shape index (κ1) is 18.6. The molecule has 8 heteroatoms. The molecular weight excluding hydrogens is 342 g/mol. The molecule has 2 rings (SSSR count). The Bertz CT molecular complexity index is 761. The Kier molecular flexibility index (Phi) is 6.24. The number of rotatable bonds is 7. The van der Waals surface area contributed by atoms with Gasteiger partial charge in [0.1, 0.15) is 0 Å². The van der Waals surface area contributed by atoms with Gasteiger partial charge in [-0.1, -0.05) is 18.2 Å². The normalized spacial score (nSPS) is 11.6. The molecule has 1 heterocycles. The summed E-state index contributed by atoms with van der Waals surface area (Å²) in [5, 5.41) is 15.5. The highest BCUT2D eigenvalue weighted by atomic mass is 32.1. The lowest BCUT2D eigenvalue weighted by Gasteiger charge is -2.21. The van der Waals surface area contributed by atoms with Gasteiger partial charge in [-0.3, -0.25) is 19.7 Å². The lowest BCUT2D eigenvalue weighted by Crippen LogP contribution is -2.33. The number of non-ortho nitro benzene ring substituents is 1. The predicted octanol–water partition coefficient (Wildman–Crippen LogP) is 2.88. The molecule has 0 fully saturated rings. The largest absolute Gasteiger partial charge is 0.348 e. The van der Waals surface area contributed by atoms with E-state index in [1.807, 2.05) is 17.5 Å². The fraction of sp³-hybridized carbons (Fsp3) is 0.294. The molecule has 0 aliphatic heterocycles. The molecular formula is C17H19N3O4S. The Hall–Kier alpha value is -2.74. The molecule has 1 aromatic heterocycles. The van der Waals surface area contributed by atoms with Crippen molar-refractivity contribution in [2.45, 2.75) is 25.9 Å². The summed E-state index contributed by atoms with van der Waals surface area (Å²) in [6, 6.07) is 9.56. The lowest BCUT2D eigenvalue weighted by atomic mass is 10.1. The van der Waals surface area contributed by atoms with Gasteiger partial charge in [0.05, 0.1) is 17.4 Å². The Morgan fingerprint density at radius 2 is 2.08 bits per heavy atom. The van der Waals surface area contributed by atoms with Crippen LogP contribution < -0.4 is 5.32 Å². The summed E-state index contributed by atoms with van der Waals surface area (Å²) >= 11 is 1.48. The molecule has 132 valence electrons. The minimum absolute atomic E-state index is 0.00643. The van der Waals surface area contributed by atoms with E-state index in [1.165, 1.54) is 35.3 Å². The van der Waals surface area contributed by atoms with Gasteiger partial charge < -0.3 is 10.2 Å². The molecule has 1 aromatic carbocycles. The smallest absolute Gasteiger partial charge is 0.269 e. The highest BCUT2D eigenvalue weighted by Gasteiger charge is 2.20. The van der Waals surface area contributed by atoms with E-state index in [4.69, 9.17) is 0 Å². The fourth-order valence-electron chi connectivity index (χ4n) is 2.42. The summed E-state index contributed by atoms with van der Waals surface area (Å²) in [4.78, 5) is 36.7. The minimum Gasteiger partial charge on any atom is -0.348 e. The van der Waals surface area contributed by atoms with Crippen LogP contribution in [0.4, 0.5) is 5.69 Å². The van der Waals surface area contributed by atoms with Crippen molar-refractivity contribution >= 4 is 28.8 Å². The zero-order chi connectivity index (χ0) is 18.4. The van der Waals surface area contributed by atoms with Crippen molar-refractivity contribution in [2.24, 2.45) is 0 Å². The maximum absolute atomic E-state index is 12.5. The van der Waals surface area contributed by atoms with Gasteiger partial charge >= 0.3 is 0 Å². The van der Waals surface area contributed by atoms with Crippen LogP contribution in [0.1, 0.15) is 29.8 Å². The number of nitro benzene ring substituents is 1. The summed E-state index contributed by atoms with van der Waals surface area (Å²) in [7, 11) is 1.64. The average Bonchev–Trinajstić information content (AvgIpc) is 3.08. The average molecular weight is 361 g/mol. The van der Waals surface area contributed by atoms with Crippen molar-refractivity contribution in [3.05, 3.63) is 62.3 Å². The zero-order valence-electron chi connectivity index (χ0n) is 14.0. The van der Waals surface area contributed by atoms with Crippen molar-refractivity contribution < 1.29 is 14.5 Å². The molecule has 0 aliphatic rings. The van der Waals surface area contributed by atoms with Gasteiger partial charge in [0.2, 0.25) is 11.8 Å². The monoisotopic (exact) mass is 361 g/mol. The summed E-state index contributed by atoms with van der Waals surface area (Å²) in [6.07, 6.45) is 0.130. The highest BCUT2D eigenvalue weighted by Crippen LogP contribution is 2.23. The number of nitrogens with one attached hydrogen (secondary N) is 1. The quantitative estimate of drug-likeness (QED) is 0.606. The third-order valence-corrected chi connectivity index (χ3v) is 4.60. The molecule has 0 aliphatic carbocycles. The van der Waals surface area contributed by atoms with E-state index < -0.39 is 4.92 Å². The van der Waals surface area contributed by atoms with Crippen LogP contribution in [0, 0.1) is 10.1 Å². The fourth-order valence-corrected chi connectivity index (χ4v) is 3.20. The van der Waals surface area contributed by atoms with Crippen LogP contribution in [0.25, 0.3) is 0 Å². The predicted molar refractivity (Wildman–Crippen MR) is 95.1 cm³/mol. The number of carbonyl (C=O) groups excluding carboxylic acids is 2. The van der Waals surface area contributed by atoms with E-state index in [9.17, 15) is 19.7 Å². The van der Waals surface area contributed by atoms with Crippen LogP contribution in [0.15, 0.2) is 41.8 Å². The number of thiophene rings is 1. The lowest BCUT2D eigenvalue weighted by molar-refractivity contribution is -0.384. The Balaban J connectivity index is 2.04. The summed E-state index contributed by atoms with van der Waals surface area (Å²) in [5.41, 5.74) is 0.672. The topological polar surface area (TPSA) is 92.6 Å². The van der Waals surface area contributed by atoms with Gasteiger partial charge in [-0.15, -0.1) is 11.3 Å². The first-order valence-electron chi connectivity index (χ1n) is 7.64. The third kappa shape index (κ3) is 5.39. The number of amides is 2. The molecule has 1 atom stereocenters. The van der Waals surface area contributed by atoms with Gasteiger partial charge in [-0.2, -0.15) is 0 Å². The highest BCUT2D eigenvalue weighted by molar-refractivity contribution is 7.10. The molecule has 1 N–H and O–H groups in total. The van der Waals surface area contributed by atoms with E-state index in [1.54, 1.807) is 19.2 Å². The molecule has 25 heavy (non-hydrogen) atoms. The number of carbonyl (C=O) groups is 2. The SMILES string of the molecule is CC(=O)NC(CC(=O)N(C)Cc1cccc([N+](=O)[O-])c1)c1cccs1. The summed E-state index contributed by atoms with van der Waals surface area (Å²) in [5.74, 6) is -0.355. The third-order valence-electron chi connectivity index (χ3n) is 3.61. The molecule has 2 aromatic rings. The van der Waals surface area contributed by atoms with Crippen LogP contribution in [0.5, 0.6) is 0 Å². The number of hydrogen-bond donors (Lipinski definition) is 1. The van der Waals surface area contributed by atoms with Crippen molar-refractivity contribution in [3.63, 3.8) is 0 Å². The molecule has 0 spiro atoms. The molecule has 0 radical (unpaired) electrons. The van der Waals surface area contributed by atoms with E-state index in [2.05, 4.69) is 5.32 Å². The first-order chi connectivity index (χ1) is 11.9. The second-order valence-corrected chi connectivity index (χ2v) is 6.63. The number of benzene rings is 1. The van der Waals surface area contributed by atoms with Crippen molar-refractivity contribution in [2.75, 3.05) is 7.05 Å². The standard InChI is InChI=1S/C17H19N3O4S/c1-12(21)18-15(16-7-4-8-25-16)10-17(22)19(2)11-13-5-3-6-14(9-13)20(23)24/h3-9,15H,10-11H2,1-2H3,(H,18,21). The summed E-state index contributed by atoms with van der Waals surface area (Å²) in [6.45, 7) is 1.68. The number of nitro groups is 1. The molecule has 2 amide bonds. The van der Waals surface area contributed by atoms with Crippen molar-refractivity contribution in [1.29, 1.82) is 0 Å². The molecule has 0 saturated heterocycles. The van der Waals surface area contributed by atoms with Gasteiger partial charge in [0.25, 0.3) is 5.69 Å². The second-order valence-electron chi connectivity index (χ2n) is 5.65. The molecule has 0 bridgehead atoms. The maximum Gasteiger partial charge on any atom is 0.269 e. The van der Waals surface area contributed by atoms with Gasteiger partial charge in [-0.05, 0) is 17.0 Å². The van der Waals surface area contributed by atoms with Crippen LogP contribution in [0.3, 0.4) is 0 Å². The number of nitrogens with zero attached hydrogens (tertiary/aromatic N) is 2. The van der Waals surface area contributed by atoms with Crippen LogP contribution in [-0.4, -0.2) is 28.7 Å². The van der Waals surface area contributed by atoms with Gasteiger partial charge in [0, 0.05) is 37.5 Å². The minimum atomic E-state index is -0.463. The molecule has 1 unspecified atom stereocenters. The van der Waals surface area contributed by atoms with Crippen LogP contribution >= 0.6 is 11.3 Å². The molecule has 7 nitrogen and oxygen atoms in total. The maximum atomic E-state index is 12.5. The van der Waals surface area contributed by atoms with E-state index in [-0.39, 0.29) is 36.5 Å². The van der Waals surface area contributed by atoms with Crippen LogP contribution in [0.2, 0.25) is 0 Å².